The average molecular weight is 284 g/mol. The van der Waals surface area contributed by atoms with Crippen LogP contribution in [-0.2, 0) is 0 Å². The number of rotatable bonds is 3. The lowest BCUT2D eigenvalue weighted by Crippen LogP contribution is -2.38. The Morgan fingerprint density at radius 2 is 1.81 bits per heavy atom. The quantitative estimate of drug-likeness (QED) is 0.909. The topological polar surface area (TPSA) is 59.6 Å². The first-order valence-electron chi connectivity index (χ1n) is 6.61. The summed E-state index contributed by atoms with van der Waals surface area (Å²) in [5.41, 5.74) is 2.30. The largest absolute Gasteiger partial charge is 0.497 e. The highest BCUT2D eigenvalue weighted by Gasteiger charge is 2.26. The highest BCUT2D eigenvalue weighted by atomic mass is 16.5. The van der Waals surface area contributed by atoms with E-state index in [2.05, 4.69) is 10.6 Å². The number of methoxy groups -OCH3 is 2. The van der Waals surface area contributed by atoms with Crippen LogP contribution in [0, 0.1) is 0 Å². The molecule has 0 saturated carbocycles. The van der Waals surface area contributed by atoms with Crippen molar-refractivity contribution in [1.82, 2.24) is 5.32 Å². The Labute approximate surface area is 122 Å². The first kappa shape index (κ1) is 13.3. The number of benzene rings is 2. The molecule has 1 aliphatic rings. The first-order valence-corrected chi connectivity index (χ1v) is 6.61. The molecular weight excluding hydrogens is 268 g/mol. The molecule has 0 saturated heterocycles. The number of hydrogen-bond acceptors (Lipinski definition) is 4. The lowest BCUT2D eigenvalue weighted by molar-refractivity contribution is 0.0935. The van der Waals surface area contributed by atoms with E-state index in [-0.39, 0.29) is 12.1 Å². The summed E-state index contributed by atoms with van der Waals surface area (Å²) < 4.78 is 10.6. The van der Waals surface area contributed by atoms with Crippen LogP contribution in [0.4, 0.5) is 5.69 Å². The minimum Gasteiger partial charge on any atom is -0.497 e. The van der Waals surface area contributed by atoms with Crippen molar-refractivity contribution in [2.75, 3.05) is 19.5 Å². The van der Waals surface area contributed by atoms with Crippen LogP contribution in [0.1, 0.15) is 22.1 Å². The summed E-state index contributed by atoms with van der Waals surface area (Å²) in [6.07, 6.45) is -0.340. The van der Waals surface area contributed by atoms with Gasteiger partial charge in [0.15, 0.2) is 0 Å². The monoisotopic (exact) mass is 284 g/mol. The summed E-state index contributed by atoms with van der Waals surface area (Å²) in [5.74, 6) is 1.26. The molecule has 2 N–H and O–H groups in total. The number of amides is 1. The predicted octanol–water partition coefficient (Wildman–Crippen LogP) is 2.56. The normalized spacial score (nSPS) is 16.5. The van der Waals surface area contributed by atoms with Crippen molar-refractivity contribution < 1.29 is 14.3 Å². The van der Waals surface area contributed by atoms with E-state index in [9.17, 15) is 4.79 Å². The molecule has 0 fully saturated rings. The molecule has 1 amide bonds. The zero-order chi connectivity index (χ0) is 14.8. The Kier molecular flexibility index (Phi) is 3.39. The molecule has 5 nitrogen and oxygen atoms in total. The molecule has 108 valence electrons. The molecule has 1 aliphatic heterocycles. The molecule has 2 aromatic rings. The fourth-order valence-corrected chi connectivity index (χ4v) is 2.42. The van der Waals surface area contributed by atoms with E-state index >= 15 is 0 Å². The molecule has 1 heterocycles. The van der Waals surface area contributed by atoms with Crippen molar-refractivity contribution in [3.8, 4) is 11.5 Å². The van der Waals surface area contributed by atoms with Crippen LogP contribution in [0.5, 0.6) is 11.5 Å². The molecule has 0 aromatic heterocycles. The fourth-order valence-electron chi connectivity index (χ4n) is 2.42. The van der Waals surface area contributed by atoms with E-state index in [0.29, 0.717) is 17.1 Å². The lowest BCUT2D eigenvalue weighted by Gasteiger charge is -2.29. The number of anilines is 1. The number of nitrogens with one attached hydrogen (secondary N) is 2. The number of ether oxygens (including phenoxy) is 2. The van der Waals surface area contributed by atoms with E-state index in [1.807, 2.05) is 30.3 Å². The van der Waals surface area contributed by atoms with Crippen LogP contribution in [0.25, 0.3) is 0 Å². The Bertz CT molecular complexity index is 685. The van der Waals surface area contributed by atoms with E-state index in [1.165, 1.54) is 0 Å². The Morgan fingerprint density at radius 3 is 2.57 bits per heavy atom. The highest BCUT2D eigenvalue weighted by Crippen LogP contribution is 2.33. The first-order chi connectivity index (χ1) is 10.2. The van der Waals surface area contributed by atoms with Gasteiger partial charge in [-0.05, 0) is 24.3 Å². The van der Waals surface area contributed by atoms with E-state index in [1.54, 1.807) is 26.4 Å². The summed E-state index contributed by atoms with van der Waals surface area (Å²) in [5, 5.41) is 6.23. The Balaban J connectivity index is 1.98. The summed E-state index contributed by atoms with van der Waals surface area (Å²) in [6, 6.07) is 12.9. The fraction of sp³-hybridized carbons (Fsp3) is 0.188. The summed E-state index contributed by atoms with van der Waals surface area (Å²) in [4.78, 5) is 12.2. The van der Waals surface area contributed by atoms with Gasteiger partial charge in [0, 0.05) is 17.3 Å². The number of fused-ring (bicyclic) bond motifs is 1. The zero-order valence-electron chi connectivity index (χ0n) is 11.8. The second-order valence-electron chi connectivity index (χ2n) is 4.70. The zero-order valence-corrected chi connectivity index (χ0v) is 11.8. The number of para-hydroxylation sites is 1. The summed E-state index contributed by atoms with van der Waals surface area (Å²) in [6.45, 7) is 0. The van der Waals surface area contributed by atoms with Crippen molar-refractivity contribution in [2.24, 2.45) is 0 Å². The van der Waals surface area contributed by atoms with Gasteiger partial charge in [-0.25, -0.2) is 0 Å². The average Bonchev–Trinajstić information content (AvgIpc) is 2.54. The van der Waals surface area contributed by atoms with Crippen LogP contribution in [0.2, 0.25) is 0 Å². The van der Waals surface area contributed by atoms with Crippen LogP contribution >= 0.6 is 0 Å². The van der Waals surface area contributed by atoms with E-state index < -0.39 is 0 Å². The third-order valence-electron chi connectivity index (χ3n) is 3.50. The van der Waals surface area contributed by atoms with Crippen molar-refractivity contribution in [3.05, 3.63) is 53.6 Å². The number of hydrogen-bond donors (Lipinski definition) is 2. The minimum absolute atomic E-state index is 0.104. The number of carbonyl (C=O) groups is 1. The second-order valence-corrected chi connectivity index (χ2v) is 4.70. The van der Waals surface area contributed by atoms with Crippen molar-refractivity contribution >= 4 is 11.6 Å². The predicted molar refractivity (Wildman–Crippen MR) is 79.8 cm³/mol. The molecule has 3 rings (SSSR count). The van der Waals surface area contributed by atoms with Gasteiger partial charge in [0.2, 0.25) is 0 Å². The maximum absolute atomic E-state index is 12.2. The molecule has 1 atom stereocenters. The molecule has 2 aromatic carbocycles. The van der Waals surface area contributed by atoms with Gasteiger partial charge in [-0.3, -0.25) is 4.79 Å². The molecular formula is C16H16N2O3. The van der Waals surface area contributed by atoms with Gasteiger partial charge in [0.25, 0.3) is 5.91 Å². The van der Waals surface area contributed by atoms with Gasteiger partial charge in [-0.2, -0.15) is 0 Å². The Morgan fingerprint density at radius 1 is 1.00 bits per heavy atom. The molecule has 0 bridgehead atoms. The van der Waals surface area contributed by atoms with E-state index in [4.69, 9.17) is 9.47 Å². The molecule has 0 unspecified atom stereocenters. The summed E-state index contributed by atoms with van der Waals surface area (Å²) >= 11 is 0. The van der Waals surface area contributed by atoms with Gasteiger partial charge < -0.3 is 20.1 Å². The third kappa shape index (κ3) is 2.38. The molecule has 5 heteroatoms. The van der Waals surface area contributed by atoms with Gasteiger partial charge in [-0.1, -0.05) is 12.1 Å². The van der Waals surface area contributed by atoms with Crippen molar-refractivity contribution in [2.45, 2.75) is 6.17 Å². The Hall–Kier alpha value is -2.69. The second kappa shape index (κ2) is 5.36. The van der Waals surface area contributed by atoms with Crippen LogP contribution < -0.4 is 20.1 Å². The molecule has 0 spiro atoms. The summed E-state index contributed by atoms with van der Waals surface area (Å²) in [7, 11) is 3.20. The van der Waals surface area contributed by atoms with E-state index in [0.717, 1.165) is 11.3 Å². The van der Waals surface area contributed by atoms with Crippen LogP contribution in [0.3, 0.4) is 0 Å². The van der Waals surface area contributed by atoms with Crippen molar-refractivity contribution in [3.63, 3.8) is 0 Å². The van der Waals surface area contributed by atoms with Gasteiger partial charge in [0.05, 0.1) is 19.8 Å². The van der Waals surface area contributed by atoms with Crippen molar-refractivity contribution in [1.29, 1.82) is 0 Å². The molecule has 0 aliphatic carbocycles. The maximum Gasteiger partial charge on any atom is 0.255 e. The number of carbonyl (C=O) groups excluding carboxylic acids is 1. The van der Waals surface area contributed by atoms with Gasteiger partial charge >= 0.3 is 0 Å². The minimum atomic E-state index is -0.340. The highest BCUT2D eigenvalue weighted by molar-refractivity contribution is 6.01. The third-order valence-corrected chi connectivity index (χ3v) is 3.50. The maximum atomic E-state index is 12.2. The smallest absolute Gasteiger partial charge is 0.255 e. The molecule has 0 radical (unpaired) electrons. The van der Waals surface area contributed by atoms with Crippen LogP contribution in [-0.4, -0.2) is 20.1 Å². The van der Waals surface area contributed by atoms with Gasteiger partial charge in [-0.15, -0.1) is 0 Å². The SMILES string of the molecule is COc1ccc([C@@H]2NC(=O)c3ccccc3N2)c(OC)c1. The van der Waals surface area contributed by atoms with Crippen LogP contribution in [0.15, 0.2) is 42.5 Å². The standard InChI is InChI=1S/C16H16N2O3/c1-20-10-7-8-12(14(9-10)21-2)15-17-13-6-4-3-5-11(13)16(19)18-15/h3-9,15,17H,1-2H3,(H,18,19)/t15-/m0/s1. The van der Waals surface area contributed by atoms with Gasteiger partial charge in [0.1, 0.15) is 17.7 Å². The molecule has 21 heavy (non-hydrogen) atoms. The lowest BCUT2D eigenvalue weighted by atomic mass is 10.0.